The first kappa shape index (κ1) is 14.9. The zero-order valence-corrected chi connectivity index (χ0v) is 9.95. The summed E-state index contributed by atoms with van der Waals surface area (Å²) < 4.78 is 0. The normalized spacial score (nSPS) is 14.2. The lowest BCUT2D eigenvalue weighted by atomic mass is 10.2. The van der Waals surface area contributed by atoms with E-state index in [4.69, 9.17) is 11.5 Å². The van der Waals surface area contributed by atoms with Crippen LogP contribution in [-0.4, -0.2) is 37.0 Å². The molecule has 0 aliphatic rings. The summed E-state index contributed by atoms with van der Waals surface area (Å²) in [7, 11) is 0. The van der Waals surface area contributed by atoms with Gasteiger partial charge >= 0.3 is 0 Å². The lowest BCUT2D eigenvalue weighted by Crippen LogP contribution is -2.45. The molecule has 2 atom stereocenters. The molecule has 0 radical (unpaired) electrons. The van der Waals surface area contributed by atoms with Gasteiger partial charge in [0.05, 0.1) is 6.04 Å². The Hall–Kier alpha value is -1.14. The van der Waals surface area contributed by atoms with E-state index in [0.29, 0.717) is 19.5 Å². The van der Waals surface area contributed by atoms with Crippen LogP contribution in [0, 0.1) is 0 Å². The number of nitrogens with two attached hydrogens (primary N) is 2. The standard InChI is InChI=1S/C10H22N4O2/c1-3-7(2)14-9(15)4-5-13-6-8(11)10(12)16/h7-8,13H,3-6,11H2,1-2H3,(H2,12,16)(H,14,15). The fourth-order valence-electron chi connectivity index (χ4n) is 1.01. The summed E-state index contributed by atoms with van der Waals surface area (Å²) in [5.74, 6) is -0.550. The molecule has 0 aromatic rings. The zero-order valence-electron chi connectivity index (χ0n) is 9.95. The maximum atomic E-state index is 11.3. The third-order valence-corrected chi connectivity index (χ3v) is 2.28. The molecule has 0 aliphatic carbocycles. The van der Waals surface area contributed by atoms with E-state index in [1.165, 1.54) is 0 Å². The summed E-state index contributed by atoms with van der Waals surface area (Å²) in [5.41, 5.74) is 10.4. The summed E-state index contributed by atoms with van der Waals surface area (Å²) in [6.07, 6.45) is 1.28. The molecular formula is C10H22N4O2. The molecule has 0 aliphatic heterocycles. The second-order valence-electron chi connectivity index (χ2n) is 3.84. The number of nitrogens with one attached hydrogen (secondary N) is 2. The molecule has 6 heteroatoms. The molecule has 0 saturated heterocycles. The third-order valence-electron chi connectivity index (χ3n) is 2.28. The van der Waals surface area contributed by atoms with Gasteiger partial charge < -0.3 is 22.1 Å². The minimum Gasteiger partial charge on any atom is -0.368 e. The van der Waals surface area contributed by atoms with Gasteiger partial charge in [-0.1, -0.05) is 6.92 Å². The first-order valence-corrected chi connectivity index (χ1v) is 5.52. The molecule has 0 aromatic carbocycles. The van der Waals surface area contributed by atoms with Gasteiger partial charge in [0.2, 0.25) is 11.8 Å². The number of hydrogen-bond acceptors (Lipinski definition) is 4. The summed E-state index contributed by atoms with van der Waals surface area (Å²) in [5, 5.41) is 5.74. The Bertz CT molecular complexity index is 233. The molecule has 2 amide bonds. The topological polar surface area (TPSA) is 110 Å². The summed E-state index contributed by atoms with van der Waals surface area (Å²) in [6, 6.07) is -0.502. The van der Waals surface area contributed by atoms with Crippen molar-refractivity contribution >= 4 is 11.8 Å². The number of carbonyl (C=O) groups excluding carboxylic acids is 2. The Kier molecular flexibility index (Phi) is 7.49. The minimum atomic E-state index is -0.697. The molecule has 0 aromatic heterocycles. The van der Waals surface area contributed by atoms with Gasteiger partial charge in [0.25, 0.3) is 0 Å². The Labute approximate surface area is 96.1 Å². The minimum absolute atomic E-state index is 0.00510. The maximum Gasteiger partial charge on any atom is 0.235 e. The van der Waals surface area contributed by atoms with Crippen molar-refractivity contribution in [2.24, 2.45) is 11.5 Å². The Morgan fingerprint density at radius 3 is 2.50 bits per heavy atom. The van der Waals surface area contributed by atoms with Crippen LogP contribution in [0.4, 0.5) is 0 Å². The lowest BCUT2D eigenvalue weighted by molar-refractivity contribution is -0.121. The first-order chi connectivity index (χ1) is 7.47. The average Bonchev–Trinajstić information content (AvgIpc) is 2.23. The zero-order chi connectivity index (χ0) is 12.6. The fraction of sp³-hybridized carbons (Fsp3) is 0.800. The van der Waals surface area contributed by atoms with Crippen LogP contribution in [0.1, 0.15) is 26.7 Å². The number of amides is 2. The van der Waals surface area contributed by atoms with Crippen LogP contribution in [0.2, 0.25) is 0 Å². The number of hydrogen-bond donors (Lipinski definition) is 4. The molecule has 0 saturated carbocycles. The molecule has 0 rings (SSSR count). The molecule has 16 heavy (non-hydrogen) atoms. The van der Waals surface area contributed by atoms with Crippen LogP contribution < -0.4 is 22.1 Å². The van der Waals surface area contributed by atoms with Gasteiger partial charge in [0, 0.05) is 25.6 Å². The predicted molar refractivity (Wildman–Crippen MR) is 62.6 cm³/mol. The van der Waals surface area contributed by atoms with E-state index < -0.39 is 11.9 Å². The maximum absolute atomic E-state index is 11.3. The van der Waals surface area contributed by atoms with Gasteiger partial charge in [-0.3, -0.25) is 9.59 Å². The van der Waals surface area contributed by atoms with Crippen LogP contribution in [0.15, 0.2) is 0 Å². The van der Waals surface area contributed by atoms with Crippen LogP contribution in [0.5, 0.6) is 0 Å². The average molecular weight is 230 g/mol. The number of primary amides is 1. The highest BCUT2D eigenvalue weighted by atomic mass is 16.2. The van der Waals surface area contributed by atoms with Gasteiger partial charge in [-0.15, -0.1) is 0 Å². The molecule has 94 valence electrons. The Balaban J connectivity index is 3.52. The lowest BCUT2D eigenvalue weighted by Gasteiger charge is -2.12. The van der Waals surface area contributed by atoms with Crippen molar-refractivity contribution < 1.29 is 9.59 Å². The predicted octanol–water partition coefficient (Wildman–Crippen LogP) is -1.31. The number of carbonyl (C=O) groups is 2. The van der Waals surface area contributed by atoms with Gasteiger partial charge in [0.1, 0.15) is 0 Å². The highest BCUT2D eigenvalue weighted by Crippen LogP contribution is 1.89. The highest BCUT2D eigenvalue weighted by molar-refractivity contribution is 5.79. The van der Waals surface area contributed by atoms with Gasteiger partial charge in [-0.25, -0.2) is 0 Å². The van der Waals surface area contributed by atoms with Gasteiger partial charge in [-0.2, -0.15) is 0 Å². The Morgan fingerprint density at radius 2 is 2.00 bits per heavy atom. The van der Waals surface area contributed by atoms with E-state index in [9.17, 15) is 9.59 Å². The molecule has 0 fully saturated rings. The van der Waals surface area contributed by atoms with Crippen molar-refractivity contribution in [1.82, 2.24) is 10.6 Å². The summed E-state index contributed by atoms with van der Waals surface area (Å²) >= 11 is 0. The van der Waals surface area contributed by atoms with Gasteiger partial charge in [-0.05, 0) is 13.3 Å². The van der Waals surface area contributed by atoms with Crippen molar-refractivity contribution in [2.75, 3.05) is 13.1 Å². The third kappa shape index (κ3) is 7.19. The quantitative estimate of drug-likeness (QED) is 0.388. The van der Waals surface area contributed by atoms with E-state index in [2.05, 4.69) is 10.6 Å². The molecule has 0 heterocycles. The second-order valence-corrected chi connectivity index (χ2v) is 3.84. The summed E-state index contributed by atoms with van der Waals surface area (Å²) in [6.45, 7) is 4.75. The molecular weight excluding hydrogens is 208 g/mol. The van der Waals surface area contributed by atoms with Crippen molar-refractivity contribution in [2.45, 2.75) is 38.8 Å². The van der Waals surface area contributed by atoms with Crippen LogP contribution in [0.3, 0.4) is 0 Å². The number of rotatable bonds is 8. The van der Waals surface area contributed by atoms with Crippen molar-refractivity contribution in [3.05, 3.63) is 0 Å². The van der Waals surface area contributed by atoms with Crippen LogP contribution >= 0.6 is 0 Å². The molecule has 0 spiro atoms. The van der Waals surface area contributed by atoms with E-state index in [-0.39, 0.29) is 11.9 Å². The van der Waals surface area contributed by atoms with E-state index >= 15 is 0 Å². The highest BCUT2D eigenvalue weighted by Gasteiger charge is 2.09. The molecule has 6 N–H and O–H groups in total. The fourth-order valence-corrected chi connectivity index (χ4v) is 1.01. The van der Waals surface area contributed by atoms with Crippen LogP contribution in [-0.2, 0) is 9.59 Å². The molecule has 6 nitrogen and oxygen atoms in total. The second kappa shape index (κ2) is 8.06. The smallest absolute Gasteiger partial charge is 0.235 e. The van der Waals surface area contributed by atoms with E-state index in [1.807, 2.05) is 13.8 Å². The van der Waals surface area contributed by atoms with Crippen molar-refractivity contribution in [3.63, 3.8) is 0 Å². The summed E-state index contributed by atoms with van der Waals surface area (Å²) in [4.78, 5) is 21.9. The SMILES string of the molecule is CCC(C)NC(=O)CCNCC(N)C(N)=O. The Morgan fingerprint density at radius 1 is 1.38 bits per heavy atom. The first-order valence-electron chi connectivity index (χ1n) is 5.52. The molecule has 2 unspecified atom stereocenters. The molecule has 0 bridgehead atoms. The van der Waals surface area contributed by atoms with E-state index in [1.54, 1.807) is 0 Å². The largest absolute Gasteiger partial charge is 0.368 e. The van der Waals surface area contributed by atoms with Crippen molar-refractivity contribution in [3.8, 4) is 0 Å². The monoisotopic (exact) mass is 230 g/mol. The van der Waals surface area contributed by atoms with Gasteiger partial charge in [0.15, 0.2) is 0 Å². The van der Waals surface area contributed by atoms with Crippen molar-refractivity contribution in [1.29, 1.82) is 0 Å². The van der Waals surface area contributed by atoms with Crippen LogP contribution in [0.25, 0.3) is 0 Å². The van der Waals surface area contributed by atoms with E-state index in [0.717, 1.165) is 6.42 Å².